The van der Waals surface area contributed by atoms with Crippen molar-refractivity contribution in [2.75, 3.05) is 55.3 Å². The molecule has 2 aromatic carbocycles. The minimum Gasteiger partial charge on any atom is -0.497 e. The van der Waals surface area contributed by atoms with Crippen molar-refractivity contribution in [2.45, 2.75) is 19.8 Å². The number of benzene rings is 2. The first-order chi connectivity index (χ1) is 15.2. The van der Waals surface area contributed by atoms with Gasteiger partial charge in [0.05, 0.1) is 19.1 Å². The van der Waals surface area contributed by atoms with Crippen molar-refractivity contribution in [1.82, 2.24) is 4.90 Å². The quantitative estimate of drug-likeness (QED) is 0.579. The van der Waals surface area contributed by atoms with E-state index in [9.17, 15) is 13.2 Å². The van der Waals surface area contributed by atoms with Crippen LogP contribution in [0.15, 0.2) is 42.5 Å². The Morgan fingerprint density at radius 3 is 2.34 bits per heavy atom. The summed E-state index contributed by atoms with van der Waals surface area (Å²) in [6, 6.07) is 13.1. The Bertz CT molecular complexity index is 1040. The van der Waals surface area contributed by atoms with Gasteiger partial charge in [0.1, 0.15) is 5.75 Å². The van der Waals surface area contributed by atoms with Crippen molar-refractivity contribution in [3.05, 3.63) is 53.1 Å². The molecule has 0 bridgehead atoms. The number of hydrogen-bond donors (Lipinski definition) is 0. The van der Waals surface area contributed by atoms with Gasteiger partial charge in [-0.05, 0) is 55.3 Å². The Morgan fingerprint density at radius 2 is 1.75 bits per heavy atom. The van der Waals surface area contributed by atoms with Gasteiger partial charge in [0.2, 0.25) is 15.9 Å². The number of halogens is 1. The zero-order valence-electron chi connectivity index (χ0n) is 18.8. The van der Waals surface area contributed by atoms with Gasteiger partial charge >= 0.3 is 0 Å². The van der Waals surface area contributed by atoms with Crippen LogP contribution in [0.1, 0.15) is 18.4 Å². The number of anilines is 2. The molecular formula is C23H30ClN3O4S. The van der Waals surface area contributed by atoms with Gasteiger partial charge in [-0.1, -0.05) is 17.7 Å². The highest BCUT2D eigenvalue weighted by Gasteiger charge is 2.23. The zero-order chi connectivity index (χ0) is 23.3. The van der Waals surface area contributed by atoms with Crippen molar-refractivity contribution in [3.63, 3.8) is 0 Å². The van der Waals surface area contributed by atoms with Gasteiger partial charge in [0.25, 0.3) is 0 Å². The fourth-order valence-electron chi connectivity index (χ4n) is 3.86. The first-order valence-electron chi connectivity index (χ1n) is 10.6. The zero-order valence-corrected chi connectivity index (χ0v) is 20.3. The molecule has 9 heteroatoms. The number of aryl methyl sites for hydroxylation is 1. The predicted octanol–water partition coefficient (Wildman–Crippen LogP) is 3.55. The number of amides is 1. The smallest absolute Gasteiger partial charge is 0.232 e. The van der Waals surface area contributed by atoms with E-state index in [1.807, 2.05) is 36.1 Å². The van der Waals surface area contributed by atoms with Crippen LogP contribution in [0.4, 0.5) is 11.4 Å². The second kappa shape index (κ2) is 10.4. The van der Waals surface area contributed by atoms with E-state index in [1.165, 1.54) is 10.6 Å². The summed E-state index contributed by atoms with van der Waals surface area (Å²) < 4.78 is 31.3. The molecule has 1 aliphatic rings. The first kappa shape index (κ1) is 24.2. The van der Waals surface area contributed by atoms with Crippen LogP contribution >= 0.6 is 11.6 Å². The lowest BCUT2D eigenvalue weighted by Gasteiger charge is -2.36. The molecule has 0 unspecified atom stereocenters. The Morgan fingerprint density at radius 1 is 1.09 bits per heavy atom. The number of carbonyl (C=O) groups excluding carboxylic acids is 1. The van der Waals surface area contributed by atoms with Crippen LogP contribution in [0, 0.1) is 6.92 Å². The van der Waals surface area contributed by atoms with E-state index in [2.05, 4.69) is 4.90 Å². The van der Waals surface area contributed by atoms with E-state index in [1.54, 1.807) is 25.3 Å². The summed E-state index contributed by atoms with van der Waals surface area (Å²) in [5, 5.41) is 0.477. The van der Waals surface area contributed by atoms with E-state index >= 15 is 0 Å². The van der Waals surface area contributed by atoms with Crippen LogP contribution < -0.4 is 13.9 Å². The van der Waals surface area contributed by atoms with Crippen LogP contribution in [-0.2, 0) is 14.8 Å². The second-order valence-corrected chi connectivity index (χ2v) is 10.3. The highest BCUT2D eigenvalue weighted by molar-refractivity contribution is 7.92. The fourth-order valence-corrected chi connectivity index (χ4v) is 5.04. The van der Waals surface area contributed by atoms with Crippen LogP contribution in [0.5, 0.6) is 5.75 Å². The van der Waals surface area contributed by atoms with Crippen molar-refractivity contribution >= 4 is 38.9 Å². The maximum absolute atomic E-state index is 12.7. The van der Waals surface area contributed by atoms with Gasteiger partial charge in [0.15, 0.2) is 0 Å². The highest BCUT2D eigenvalue weighted by atomic mass is 35.5. The summed E-state index contributed by atoms with van der Waals surface area (Å²) in [5.74, 6) is 0.870. The normalized spacial score (nSPS) is 14.4. The molecule has 0 atom stereocenters. The second-order valence-electron chi connectivity index (χ2n) is 7.94. The van der Waals surface area contributed by atoms with E-state index in [0.717, 1.165) is 30.1 Å². The molecule has 1 saturated heterocycles. The average molecular weight is 480 g/mol. The van der Waals surface area contributed by atoms with Gasteiger partial charge in [-0.25, -0.2) is 8.42 Å². The summed E-state index contributed by atoms with van der Waals surface area (Å²) in [4.78, 5) is 16.8. The number of piperazine rings is 1. The molecule has 0 N–H and O–H groups in total. The highest BCUT2D eigenvalue weighted by Crippen LogP contribution is 2.27. The monoisotopic (exact) mass is 479 g/mol. The number of rotatable bonds is 8. The van der Waals surface area contributed by atoms with Crippen molar-refractivity contribution in [2.24, 2.45) is 0 Å². The molecule has 1 fully saturated rings. The summed E-state index contributed by atoms with van der Waals surface area (Å²) in [6.45, 7) is 4.89. The van der Waals surface area contributed by atoms with Crippen molar-refractivity contribution < 1.29 is 17.9 Å². The van der Waals surface area contributed by atoms with E-state index in [4.69, 9.17) is 16.3 Å². The number of ether oxygens (including phenoxy) is 1. The molecule has 3 rings (SSSR count). The molecule has 2 aromatic rings. The Kier molecular flexibility index (Phi) is 7.90. The average Bonchev–Trinajstić information content (AvgIpc) is 2.78. The Hall–Kier alpha value is -2.45. The number of methoxy groups -OCH3 is 1. The van der Waals surface area contributed by atoms with Gasteiger partial charge < -0.3 is 14.5 Å². The third-order valence-corrected chi connectivity index (χ3v) is 7.08. The molecule has 0 aliphatic carbocycles. The minimum absolute atomic E-state index is 0.0515. The molecule has 174 valence electrons. The van der Waals surface area contributed by atoms with Gasteiger partial charge in [0, 0.05) is 49.9 Å². The summed E-state index contributed by atoms with van der Waals surface area (Å²) >= 11 is 6.08. The molecule has 1 amide bonds. The fraction of sp³-hybridized carbons (Fsp3) is 0.435. The molecule has 32 heavy (non-hydrogen) atoms. The number of sulfonamides is 1. The molecule has 0 spiro atoms. The largest absolute Gasteiger partial charge is 0.497 e. The van der Waals surface area contributed by atoms with Crippen LogP contribution in [0.3, 0.4) is 0 Å². The standard InChI is InChI=1S/C23H30ClN3O4S/c1-18-6-7-19(24)17-22(18)27(32(3,29)30)12-4-5-23(28)26-15-13-25(14-16-26)20-8-10-21(31-2)11-9-20/h6-11,17H,4-5,12-16H2,1-3H3. The van der Waals surface area contributed by atoms with Gasteiger partial charge in [-0.15, -0.1) is 0 Å². The molecular weight excluding hydrogens is 450 g/mol. The Labute approximate surface area is 195 Å². The molecule has 7 nitrogen and oxygen atoms in total. The van der Waals surface area contributed by atoms with Crippen molar-refractivity contribution in [3.8, 4) is 5.75 Å². The van der Waals surface area contributed by atoms with Gasteiger partial charge in [-0.2, -0.15) is 0 Å². The number of hydrogen-bond acceptors (Lipinski definition) is 5. The van der Waals surface area contributed by atoms with E-state index in [-0.39, 0.29) is 12.5 Å². The predicted molar refractivity (Wildman–Crippen MR) is 129 cm³/mol. The summed E-state index contributed by atoms with van der Waals surface area (Å²) in [6.07, 6.45) is 1.91. The molecule has 0 radical (unpaired) electrons. The molecule has 1 aliphatic heterocycles. The maximum Gasteiger partial charge on any atom is 0.232 e. The lowest BCUT2D eigenvalue weighted by Crippen LogP contribution is -2.48. The number of carbonyl (C=O) groups is 1. The topological polar surface area (TPSA) is 70.2 Å². The van der Waals surface area contributed by atoms with Crippen LogP contribution in [-0.4, -0.2) is 65.3 Å². The lowest BCUT2D eigenvalue weighted by atomic mass is 10.2. The first-order valence-corrected chi connectivity index (χ1v) is 12.8. The summed E-state index contributed by atoms with van der Waals surface area (Å²) in [5.41, 5.74) is 2.49. The van der Waals surface area contributed by atoms with E-state index in [0.29, 0.717) is 36.6 Å². The molecule has 0 saturated carbocycles. The SMILES string of the molecule is COc1ccc(N2CCN(C(=O)CCCN(c3cc(Cl)ccc3C)S(C)(=O)=O)CC2)cc1. The third-order valence-electron chi connectivity index (χ3n) is 5.66. The Balaban J connectivity index is 1.53. The molecule has 1 heterocycles. The van der Waals surface area contributed by atoms with Gasteiger partial charge in [-0.3, -0.25) is 9.10 Å². The van der Waals surface area contributed by atoms with E-state index < -0.39 is 10.0 Å². The van der Waals surface area contributed by atoms with Crippen LogP contribution in [0.25, 0.3) is 0 Å². The van der Waals surface area contributed by atoms with Crippen molar-refractivity contribution in [1.29, 1.82) is 0 Å². The lowest BCUT2D eigenvalue weighted by molar-refractivity contribution is -0.131. The molecule has 0 aromatic heterocycles. The third kappa shape index (κ3) is 6.07. The van der Waals surface area contributed by atoms with Crippen LogP contribution in [0.2, 0.25) is 5.02 Å². The number of nitrogens with zero attached hydrogens (tertiary/aromatic N) is 3. The summed E-state index contributed by atoms with van der Waals surface area (Å²) in [7, 11) is -1.85. The maximum atomic E-state index is 12.7. The minimum atomic E-state index is -3.49.